The van der Waals surface area contributed by atoms with Gasteiger partial charge in [-0.1, -0.05) is 32.6 Å². The number of ether oxygens (including phenoxy) is 1. The van der Waals surface area contributed by atoms with Crippen molar-refractivity contribution in [1.82, 2.24) is 0 Å². The normalized spacial score (nSPS) is 21.1. The molecule has 0 N–H and O–H groups in total. The standard InChI is InChI=1S/C19H17F4NO2/c1-5-10(7-24)6-12-13(19(12,3)4)18(25)26-8-11-16(22)14(20)9(2)15(21)17(11)23/h5-6,12-13H,1,8H2,2-4H3/b10-6-/t12-,13+/m1/s1. The van der Waals surface area contributed by atoms with Crippen molar-refractivity contribution in [1.29, 1.82) is 5.26 Å². The Balaban J connectivity index is 2.17. The van der Waals surface area contributed by atoms with Gasteiger partial charge >= 0.3 is 5.97 Å². The molecule has 0 aromatic heterocycles. The minimum absolute atomic E-state index is 0.290. The molecule has 138 valence electrons. The van der Waals surface area contributed by atoms with E-state index in [0.29, 0.717) is 0 Å². The molecular formula is C19H17F4NO2. The smallest absolute Gasteiger partial charge is 0.310 e. The number of benzene rings is 1. The Bertz CT molecular complexity index is 823. The maximum Gasteiger partial charge on any atom is 0.310 e. The van der Waals surface area contributed by atoms with Crippen LogP contribution in [0.1, 0.15) is 25.0 Å². The van der Waals surface area contributed by atoms with Crippen molar-refractivity contribution in [2.45, 2.75) is 27.4 Å². The van der Waals surface area contributed by atoms with Crippen molar-refractivity contribution in [3.8, 4) is 6.07 Å². The largest absolute Gasteiger partial charge is 0.460 e. The van der Waals surface area contributed by atoms with E-state index in [0.717, 1.165) is 6.92 Å². The van der Waals surface area contributed by atoms with Crippen molar-refractivity contribution < 1.29 is 27.1 Å². The first kappa shape index (κ1) is 19.7. The molecule has 0 radical (unpaired) electrons. The average Bonchev–Trinajstić information content (AvgIpc) is 3.15. The van der Waals surface area contributed by atoms with Gasteiger partial charge in [0.1, 0.15) is 6.61 Å². The molecule has 1 fully saturated rings. The van der Waals surface area contributed by atoms with Crippen molar-refractivity contribution in [3.63, 3.8) is 0 Å². The first-order valence-electron chi connectivity index (χ1n) is 7.80. The van der Waals surface area contributed by atoms with E-state index >= 15 is 0 Å². The Kier molecular flexibility index (Phi) is 5.26. The van der Waals surface area contributed by atoms with Crippen LogP contribution in [0.15, 0.2) is 24.3 Å². The van der Waals surface area contributed by atoms with Crippen LogP contribution < -0.4 is 0 Å². The minimum Gasteiger partial charge on any atom is -0.460 e. The molecule has 1 saturated carbocycles. The average molecular weight is 367 g/mol. The van der Waals surface area contributed by atoms with Gasteiger partial charge in [-0.15, -0.1) is 0 Å². The second kappa shape index (κ2) is 6.94. The van der Waals surface area contributed by atoms with E-state index < -0.39 is 58.3 Å². The van der Waals surface area contributed by atoms with Crippen LogP contribution in [0.3, 0.4) is 0 Å². The van der Waals surface area contributed by atoms with Gasteiger partial charge in [-0.25, -0.2) is 17.6 Å². The molecule has 0 saturated heterocycles. The van der Waals surface area contributed by atoms with Gasteiger partial charge in [-0.3, -0.25) is 4.79 Å². The molecule has 7 heteroatoms. The number of carbonyl (C=O) groups excluding carboxylic acids is 1. The topological polar surface area (TPSA) is 50.1 Å². The van der Waals surface area contributed by atoms with E-state index in [1.54, 1.807) is 19.9 Å². The number of rotatable bonds is 5. The summed E-state index contributed by atoms with van der Waals surface area (Å²) in [7, 11) is 0. The van der Waals surface area contributed by atoms with Crippen LogP contribution in [0.2, 0.25) is 0 Å². The van der Waals surface area contributed by atoms with Gasteiger partial charge in [-0.05, 0) is 18.3 Å². The predicted octanol–water partition coefficient (Wildman–Crippen LogP) is 4.50. The zero-order chi connectivity index (χ0) is 19.8. The van der Waals surface area contributed by atoms with Crippen LogP contribution in [0.5, 0.6) is 0 Å². The lowest BCUT2D eigenvalue weighted by atomic mass is 10.1. The molecule has 26 heavy (non-hydrogen) atoms. The van der Waals surface area contributed by atoms with Crippen LogP contribution in [-0.4, -0.2) is 5.97 Å². The lowest BCUT2D eigenvalue weighted by Crippen LogP contribution is -2.14. The van der Waals surface area contributed by atoms with Crippen LogP contribution in [0.25, 0.3) is 0 Å². The Morgan fingerprint density at radius 1 is 1.23 bits per heavy atom. The highest BCUT2D eigenvalue weighted by atomic mass is 19.2. The highest BCUT2D eigenvalue weighted by Gasteiger charge is 2.61. The molecule has 1 aromatic carbocycles. The summed E-state index contributed by atoms with van der Waals surface area (Å²) in [6.07, 6.45) is 2.92. The van der Waals surface area contributed by atoms with Crippen molar-refractivity contribution in [3.05, 3.63) is 58.7 Å². The van der Waals surface area contributed by atoms with Gasteiger partial charge in [0.05, 0.1) is 17.6 Å². The second-order valence-corrected chi connectivity index (χ2v) is 6.73. The Hall–Kier alpha value is -2.62. The molecule has 2 rings (SSSR count). The summed E-state index contributed by atoms with van der Waals surface area (Å²) >= 11 is 0. The van der Waals surface area contributed by atoms with Gasteiger partial charge in [0.15, 0.2) is 23.3 Å². The summed E-state index contributed by atoms with van der Waals surface area (Å²) in [6, 6.07) is 1.92. The van der Waals surface area contributed by atoms with Crippen LogP contribution in [0.4, 0.5) is 17.6 Å². The zero-order valence-corrected chi connectivity index (χ0v) is 14.5. The number of hydrogen-bond acceptors (Lipinski definition) is 3. The molecule has 1 aromatic rings. The molecule has 0 unspecified atom stereocenters. The van der Waals surface area contributed by atoms with E-state index in [4.69, 9.17) is 10.00 Å². The van der Waals surface area contributed by atoms with Gasteiger partial charge in [-0.2, -0.15) is 5.26 Å². The molecular weight excluding hydrogens is 350 g/mol. The monoisotopic (exact) mass is 367 g/mol. The summed E-state index contributed by atoms with van der Waals surface area (Å²) in [6.45, 7) is 7.00. The molecule has 2 atom stereocenters. The SMILES string of the molecule is C=C/C(C#N)=C/[C@@H]1[C@@H](C(=O)OCc2c(F)c(F)c(C)c(F)c2F)C1(C)C. The first-order valence-corrected chi connectivity index (χ1v) is 7.80. The van der Waals surface area contributed by atoms with Crippen LogP contribution in [0, 0.1) is 58.8 Å². The van der Waals surface area contributed by atoms with E-state index in [9.17, 15) is 22.4 Å². The molecule has 0 amide bonds. The molecule has 0 spiro atoms. The quantitative estimate of drug-likeness (QED) is 0.253. The summed E-state index contributed by atoms with van der Waals surface area (Å²) in [5.41, 5.74) is -1.99. The Morgan fingerprint density at radius 2 is 1.77 bits per heavy atom. The third kappa shape index (κ3) is 3.24. The molecule has 0 aliphatic heterocycles. The lowest BCUT2D eigenvalue weighted by Gasteiger charge is -2.10. The molecule has 1 aliphatic rings. The maximum atomic E-state index is 13.8. The number of carbonyl (C=O) groups is 1. The van der Waals surface area contributed by atoms with Crippen LogP contribution in [-0.2, 0) is 16.1 Å². The molecule has 3 nitrogen and oxygen atoms in total. The minimum atomic E-state index is -1.58. The van der Waals surface area contributed by atoms with Crippen LogP contribution >= 0.6 is 0 Å². The fourth-order valence-corrected chi connectivity index (χ4v) is 2.93. The second-order valence-electron chi connectivity index (χ2n) is 6.73. The number of nitriles is 1. The fraction of sp³-hybridized carbons (Fsp3) is 0.368. The first-order chi connectivity index (χ1) is 12.1. The summed E-state index contributed by atoms with van der Waals surface area (Å²) in [5.74, 6) is -7.93. The highest BCUT2D eigenvalue weighted by Crippen LogP contribution is 2.59. The Labute approximate surface area is 148 Å². The van der Waals surface area contributed by atoms with Gasteiger partial charge in [0.2, 0.25) is 0 Å². The number of halogens is 4. The predicted molar refractivity (Wildman–Crippen MR) is 85.5 cm³/mol. The number of hydrogen-bond donors (Lipinski definition) is 0. The van der Waals surface area contributed by atoms with Gasteiger partial charge in [0, 0.05) is 11.1 Å². The highest BCUT2D eigenvalue weighted by molar-refractivity contribution is 5.78. The zero-order valence-electron chi connectivity index (χ0n) is 14.5. The summed E-state index contributed by atoms with van der Waals surface area (Å²) in [4.78, 5) is 12.2. The number of nitrogens with zero attached hydrogens (tertiary/aromatic N) is 1. The van der Waals surface area contributed by atoms with Crippen molar-refractivity contribution in [2.75, 3.05) is 0 Å². The third-order valence-electron chi connectivity index (χ3n) is 4.81. The molecule has 0 bridgehead atoms. The number of esters is 1. The van der Waals surface area contributed by atoms with E-state index in [2.05, 4.69) is 6.58 Å². The maximum absolute atomic E-state index is 13.8. The van der Waals surface area contributed by atoms with Crippen molar-refractivity contribution >= 4 is 5.97 Å². The third-order valence-corrected chi connectivity index (χ3v) is 4.81. The fourth-order valence-electron chi connectivity index (χ4n) is 2.93. The number of allylic oxidation sites excluding steroid dienone is 3. The van der Waals surface area contributed by atoms with E-state index in [-0.39, 0.29) is 11.5 Å². The van der Waals surface area contributed by atoms with E-state index in [1.165, 1.54) is 6.08 Å². The van der Waals surface area contributed by atoms with Crippen molar-refractivity contribution in [2.24, 2.45) is 17.3 Å². The molecule has 0 heterocycles. The van der Waals surface area contributed by atoms with Gasteiger partial charge < -0.3 is 4.74 Å². The van der Waals surface area contributed by atoms with Gasteiger partial charge in [0.25, 0.3) is 0 Å². The van der Waals surface area contributed by atoms with E-state index in [1.807, 2.05) is 6.07 Å². The lowest BCUT2D eigenvalue weighted by molar-refractivity contribution is -0.147. The summed E-state index contributed by atoms with van der Waals surface area (Å²) < 4.78 is 59.7. The molecule has 1 aliphatic carbocycles. The Morgan fingerprint density at radius 3 is 2.23 bits per heavy atom. The summed E-state index contributed by atoms with van der Waals surface area (Å²) in [5, 5.41) is 8.93.